The lowest BCUT2D eigenvalue weighted by molar-refractivity contribution is 0.606. The molecule has 1 unspecified atom stereocenters. The zero-order valence-electron chi connectivity index (χ0n) is 9.04. The highest BCUT2D eigenvalue weighted by Crippen LogP contribution is 2.27. The molecule has 0 amide bonds. The molecular formula is C14H11BrClF. The molecule has 17 heavy (non-hydrogen) atoms. The van der Waals surface area contributed by atoms with E-state index in [1.54, 1.807) is 18.2 Å². The van der Waals surface area contributed by atoms with Crippen LogP contribution in [-0.2, 0) is 6.42 Å². The van der Waals surface area contributed by atoms with Gasteiger partial charge in [0, 0.05) is 10.0 Å². The Balaban J connectivity index is 2.14. The number of benzene rings is 2. The molecule has 0 aliphatic carbocycles. The molecule has 88 valence electrons. The quantitative estimate of drug-likeness (QED) is 0.691. The third-order valence-electron chi connectivity index (χ3n) is 2.57. The van der Waals surface area contributed by atoms with E-state index < -0.39 is 0 Å². The predicted molar refractivity (Wildman–Crippen MR) is 72.8 cm³/mol. The Morgan fingerprint density at radius 3 is 2.35 bits per heavy atom. The summed E-state index contributed by atoms with van der Waals surface area (Å²) < 4.78 is 14.5. The number of hydrogen-bond acceptors (Lipinski definition) is 0. The molecular weight excluding hydrogens is 303 g/mol. The summed E-state index contributed by atoms with van der Waals surface area (Å²) in [6.07, 6.45) is 0.621. The first-order valence-corrected chi connectivity index (χ1v) is 6.52. The van der Waals surface area contributed by atoms with Crippen LogP contribution in [0.2, 0.25) is 0 Å². The molecule has 0 radical (unpaired) electrons. The molecule has 0 saturated heterocycles. The van der Waals surface area contributed by atoms with Crippen LogP contribution >= 0.6 is 27.5 Å². The van der Waals surface area contributed by atoms with E-state index in [9.17, 15) is 4.39 Å². The second-order valence-corrected chi connectivity index (χ2v) is 5.26. The zero-order chi connectivity index (χ0) is 12.3. The second kappa shape index (κ2) is 5.65. The lowest BCUT2D eigenvalue weighted by Crippen LogP contribution is -1.98. The van der Waals surface area contributed by atoms with Crippen molar-refractivity contribution < 1.29 is 4.39 Å². The van der Waals surface area contributed by atoms with E-state index >= 15 is 0 Å². The van der Waals surface area contributed by atoms with Gasteiger partial charge in [0.05, 0.1) is 5.38 Å². The van der Waals surface area contributed by atoms with Gasteiger partial charge in [-0.05, 0) is 30.2 Å². The first-order chi connectivity index (χ1) is 8.16. The molecule has 0 fully saturated rings. The smallest absolute Gasteiger partial charge is 0.127 e. The zero-order valence-corrected chi connectivity index (χ0v) is 11.4. The molecule has 0 aromatic heterocycles. The Hall–Kier alpha value is -0.860. The average Bonchev–Trinajstić information content (AvgIpc) is 2.32. The van der Waals surface area contributed by atoms with Crippen LogP contribution in [0.15, 0.2) is 53.0 Å². The Kier molecular flexibility index (Phi) is 4.19. The van der Waals surface area contributed by atoms with E-state index in [1.165, 1.54) is 6.07 Å². The highest BCUT2D eigenvalue weighted by Gasteiger charge is 2.12. The Morgan fingerprint density at radius 2 is 1.71 bits per heavy atom. The van der Waals surface area contributed by atoms with Crippen LogP contribution in [-0.4, -0.2) is 0 Å². The van der Waals surface area contributed by atoms with Crippen LogP contribution in [0.1, 0.15) is 16.5 Å². The van der Waals surface area contributed by atoms with Crippen molar-refractivity contribution in [3.8, 4) is 0 Å². The van der Waals surface area contributed by atoms with Gasteiger partial charge in [-0.3, -0.25) is 0 Å². The molecule has 0 bridgehead atoms. The van der Waals surface area contributed by atoms with Crippen LogP contribution in [0.4, 0.5) is 4.39 Å². The van der Waals surface area contributed by atoms with E-state index in [4.69, 9.17) is 11.6 Å². The highest BCUT2D eigenvalue weighted by atomic mass is 79.9. The summed E-state index contributed by atoms with van der Waals surface area (Å²) in [6.45, 7) is 0. The van der Waals surface area contributed by atoms with Crippen molar-refractivity contribution in [2.45, 2.75) is 11.8 Å². The minimum atomic E-state index is -0.336. The van der Waals surface area contributed by atoms with Gasteiger partial charge in [-0.25, -0.2) is 4.39 Å². The molecule has 1 atom stereocenters. The first-order valence-electron chi connectivity index (χ1n) is 5.30. The predicted octanol–water partition coefficient (Wildman–Crippen LogP) is 5.11. The van der Waals surface area contributed by atoms with Gasteiger partial charge in [0.15, 0.2) is 0 Å². The molecule has 0 saturated carbocycles. The molecule has 2 aromatic rings. The lowest BCUT2D eigenvalue weighted by atomic mass is 10.0. The fourth-order valence-corrected chi connectivity index (χ4v) is 2.29. The molecule has 0 aliphatic heterocycles. The molecule has 0 nitrogen and oxygen atoms in total. The number of halogens is 3. The van der Waals surface area contributed by atoms with Crippen molar-refractivity contribution in [3.63, 3.8) is 0 Å². The first kappa shape index (κ1) is 12.6. The standard InChI is InChI=1S/C14H11BrClF/c15-11-7-5-10(6-8-11)9-13(16)12-3-1-2-4-14(12)17/h1-8,13H,9H2. The van der Waals surface area contributed by atoms with Crippen molar-refractivity contribution in [1.82, 2.24) is 0 Å². The van der Waals surface area contributed by atoms with Gasteiger partial charge in [0.1, 0.15) is 5.82 Å². The molecule has 0 heterocycles. The van der Waals surface area contributed by atoms with Gasteiger partial charge < -0.3 is 0 Å². The lowest BCUT2D eigenvalue weighted by Gasteiger charge is -2.10. The summed E-state index contributed by atoms with van der Waals surface area (Å²) in [4.78, 5) is 0. The van der Waals surface area contributed by atoms with Gasteiger partial charge in [-0.2, -0.15) is 0 Å². The second-order valence-electron chi connectivity index (χ2n) is 3.82. The van der Waals surface area contributed by atoms with Gasteiger partial charge >= 0.3 is 0 Å². The Labute approximate surface area is 114 Å². The topological polar surface area (TPSA) is 0 Å². The maximum absolute atomic E-state index is 13.5. The van der Waals surface area contributed by atoms with Crippen LogP contribution in [0.3, 0.4) is 0 Å². The Bertz CT molecular complexity index is 496. The number of alkyl halides is 1. The fraction of sp³-hybridized carbons (Fsp3) is 0.143. The molecule has 2 rings (SSSR count). The summed E-state index contributed by atoms with van der Waals surface area (Å²) >= 11 is 9.61. The summed E-state index contributed by atoms with van der Waals surface area (Å²) in [5, 5.41) is -0.336. The van der Waals surface area contributed by atoms with Crippen LogP contribution in [0, 0.1) is 5.82 Å². The number of hydrogen-bond donors (Lipinski definition) is 0. The molecule has 0 N–H and O–H groups in total. The van der Waals surface area contributed by atoms with Gasteiger partial charge in [-0.15, -0.1) is 11.6 Å². The van der Waals surface area contributed by atoms with Crippen molar-refractivity contribution >= 4 is 27.5 Å². The van der Waals surface area contributed by atoms with Crippen LogP contribution < -0.4 is 0 Å². The van der Waals surface area contributed by atoms with Crippen LogP contribution in [0.25, 0.3) is 0 Å². The Morgan fingerprint density at radius 1 is 1.06 bits per heavy atom. The van der Waals surface area contributed by atoms with E-state index in [0.717, 1.165) is 10.0 Å². The molecule has 0 spiro atoms. The fourth-order valence-electron chi connectivity index (χ4n) is 1.67. The third kappa shape index (κ3) is 3.30. The minimum absolute atomic E-state index is 0.246. The average molecular weight is 314 g/mol. The van der Waals surface area contributed by atoms with Crippen molar-refractivity contribution in [2.24, 2.45) is 0 Å². The highest BCUT2D eigenvalue weighted by molar-refractivity contribution is 9.10. The van der Waals surface area contributed by atoms with Crippen molar-refractivity contribution in [2.75, 3.05) is 0 Å². The van der Waals surface area contributed by atoms with Gasteiger partial charge in [0.25, 0.3) is 0 Å². The third-order valence-corrected chi connectivity index (χ3v) is 3.49. The normalized spacial score (nSPS) is 12.4. The van der Waals surface area contributed by atoms with E-state index in [2.05, 4.69) is 15.9 Å². The van der Waals surface area contributed by atoms with Crippen molar-refractivity contribution in [3.05, 3.63) is 69.9 Å². The van der Waals surface area contributed by atoms with Crippen molar-refractivity contribution in [1.29, 1.82) is 0 Å². The molecule has 0 aliphatic rings. The number of rotatable bonds is 3. The van der Waals surface area contributed by atoms with Gasteiger partial charge in [-0.1, -0.05) is 46.3 Å². The molecule has 2 aromatic carbocycles. The summed E-state index contributed by atoms with van der Waals surface area (Å²) in [5.74, 6) is -0.246. The maximum atomic E-state index is 13.5. The molecule has 3 heteroatoms. The monoisotopic (exact) mass is 312 g/mol. The maximum Gasteiger partial charge on any atom is 0.127 e. The van der Waals surface area contributed by atoms with Gasteiger partial charge in [0.2, 0.25) is 0 Å². The van der Waals surface area contributed by atoms with Crippen LogP contribution in [0.5, 0.6) is 0 Å². The summed E-state index contributed by atoms with van der Waals surface area (Å²) in [7, 11) is 0. The van der Waals surface area contributed by atoms with E-state index in [0.29, 0.717) is 12.0 Å². The SMILES string of the molecule is Fc1ccccc1C(Cl)Cc1ccc(Br)cc1. The summed E-state index contributed by atoms with van der Waals surface area (Å²) in [6, 6.07) is 14.5. The summed E-state index contributed by atoms with van der Waals surface area (Å²) in [5.41, 5.74) is 1.65. The van der Waals surface area contributed by atoms with E-state index in [1.807, 2.05) is 24.3 Å². The van der Waals surface area contributed by atoms with E-state index in [-0.39, 0.29) is 11.2 Å². The minimum Gasteiger partial charge on any atom is -0.207 e. The largest absolute Gasteiger partial charge is 0.207 e.